The van der Waals surface area contributed by atoms with Gasteiger partial charge in [0.1, 0.15) is 0 Å². The van der Waals surface area contributed by atoms with Crippen molar-refractivity contribution < 1.29 is 18.3 Å². The van der Waals surface area contributed by atoms with Gasteiger partial charge in [0.05, 0.1) is 23.6 Å². The van der Waals surface area contributed by atoms with Gasteiger partial charge in [-0.2, -0.15) is 0 Å². The van der Waals surface area contributed by atoms with Gasteiger partial charge < -0.3 is 10.4 Å². The molecule has 7 heteroatoms. The summed E-state index contributed by atoms with van der Waals surface area (Å²) in [6, 6.07) is 6.52. The van der Waals surface area contributed by atoms with Gasteiger partial charge in [-0.15, -0.1) is 0 Å². The Balaban J connectivity index is 2.09. The van der Waals surface area contributed by atoms with Crippen molar-refractivity contribution in [1.82, 2.24) is 5.32 Å². The Bertz CT molecular complexity index is 607. The molecule has 0 atom stereocenters. The molecule has 6 nitrogen and oxygen atoms in total. The zero-order valence-corrected chi connectivity index (χ0v) is 12.7. The van der Waals surface area contributed by atoms with Crippen molar-refractivity contribution in [2.45, 2.75) is 37.8 Å². The average Bonchev–Trinajstić information content (AvgIpc) is 2.40. The van der Waals surface area contributed by atoms with Gasteiger partial charge in [0, 0.05) is 6.04 Å². The number of nitrogens with one attached hydrogen (secondary N) is 2. The van der Waals surface area contributed by atoms with Crippen molar-refractivity contribution in [3.05, 3.63) is 29.8 Å². The number of benzene rings is 1. The number of hydrogen-bond acceptors (Lipinski definition) is 4. The van der Waals surface area contributed by atoms with Crippen LogP contribution in [-0.2, 0) is 10.0 Å². The highest BCUT2D eigenvalue weighted by Gasteiger charge is 2.22. The van der Waals surface area contributed by atoms with E-state index in [-0.39, 0.29) is 23.7 Å². The van der Waals surface area contributed by atoms with E-state index in [9.17, 15) is 18.3 Å². The molecular weight excluding hydrogens is 292 g/mol. The second kappa shape index (κ2) is 6.44. The molecule has 1 aromatic carbocycles. The molecule has 0 aromatic heterocycles. The maximum absolute atomic E-state index is 12.3. The van der Waals surface area contributed by atoms with Gasteiger partial charge >= 0.3 is 0 Å². The lowest BCUT2D eigenvalue weighted by Gasteiger charge is -2.26. The highest BCUT2D eigenvalue weighted by molar-refractivity contribution is 7.92. The van der Waals surface area contributed by atoms with E-state index in [0.29, 0.717) is 18.4 Å². The van der Waals surface area contributed by atoms with Gasteiger partial charge in [-0.3, -0.25) is 9.52 Å². The van der Waals surface area contributed by atoms with Crippen LogP contribution in [0.15, 0.2) is 24.3 Å². The Morgan fingerprint density at radius 3 is 2.43 bits per heavy atom. The molecule has 116 valence electrons. The highest BCUT2D eigenvalue weighted by Crippen LogP contribution is 2.20. The van der Waals surface area contributed by atoms with Gasteiger partial charge in [0.2, 0.25) is 10.0 Å². The summed E-state index contributed by atoms with van der Waals surface area (Å²) in [4.78, 5) is 12.3. The minimum Gasteiger partial charge on any atom is -0.393 e. The predicted molar refractivity (Wildman–Crippen MR) is 80.6 cm³/mol. The first-order valence-corrected chi connectivity index (χ1v) is 8.80. The van der Waals surface area contributed by atoms with Crippen molar-refractivity contribution in [3.8, 4) is 0 Å². The fourth-order valence-electron chi connectivity index (χ4n) is 2.45. The monoisotopic (exact) mass is 312 g/mol. The Hall–Kier alpha value is -1.60. The van der Waals surface area contributed by atoms with Crippen molar-refractivity contribution in [3.63, 3.8) is 0 Å². The zero-order valence-electron chi connectivity index (χ0n) is 11.9. The molecule has 0 radical (unpaired) electrons. The van der Waals surface area contributed by atoms with E-state index >= 15 is 0 Å². The van der Waals surface area contributed by atoms with Crippen LogP contribution in [0.1, 0.15) is 36.0 Å². The van der Waals surface area contributed by atoms with Crippen LogP contribution in [-0.4, -0.2) is 37.8 Å². The van der Waals surface area contributed by atoms with Crippen molar-refractivity contribution in [2.24, 2.45) is 0 Å². The van der Waals surface area contributed by atoms with Crippen molar-refractivity contribution >= 4 is 21.6 Å². The number of aliphatic hydroxyl groups is 1. The number of carbonyl (C=O) groups is 1. The normalized spacial score (nSPS) is 22.6. The number of aliphatic hydroxyl groups excluding tert-OH is 1. The fraction of sp³-hybridized carbons (Fsp3) is 0.500. The van der Waals surface area contributed by atoms with Crippen LogP contribution in [0.2, 0.25) is 0 Å². The smallest absolute Gasteiger partial charge is 0.253 e. The molecular formula is C14H20N2O4S. The molecule has 1 saturated carbocycles. The maximum atomic E-state index is 12.3. The van der Waals surface area contributed by atoms with Gasteiger partial charge in [0.15, 0.2) is 0 Å². The number of sulfonamides is 1. The first-order valence-electron chi connectivity index (χ1n) is 6.91. The van der Waals surface area contributed by atoms with E-state index < -0.39 is 10.0 Å². The van der Waals surface area contributed by atoms with E-state index in [4.69, 9.17) is 0 Å². The molecule has 1 fully saturated rings. The number of carbonyl (C=O) groups excluding carboxylic acids is 1. The SMILES string of the molecule is CS(=O)(=O)Nc1ccccc1C(=O)NC1CCC(O)CC1. The quantitative estimate of drug-likeness (QED) is 0.775. The van der Waals surface area contributed by atoms with E-state index in [1.165, 1.54) is 0 Å². The van der Waals surface area contributed by atoms with Crippen LogP contribution in [0.25, 0.3) is 0 Å². The van der Waals surface area contributed by atoms with Crippen LogP contribution in [0.4, 0.5) is 5.69 Å². The molecule has 0 heterocycles. The third-order valence-corrected chi connectivity index (χ3v) is 4.09. The Morgan fingerprint density at radius 2 is 1.81 bits per heavy atom. The second-order valence-corrected chi connectivity index (χ2v) is 7.15. The molecule has 1 aromatic rings. The summed E-state index contributed by atoms with van der Waals surface area (Å²) < 4.78 is 25.0. The lowest BCUT2D eigenvalue weighted by Crippen LogP contribution is -2.38. The lowest BCUT2D eigenvalue weighted by atomic mass is 9.93. The standard InChI is InChI=1S/C14H20N2O4S/c1-21(19,20)16-13-5-3-2-4-12(13)14(18)15-10-6-8-11(17)9-7-10/h2-5,10-11,16-17H,6-9H2,1H3,(H,15,18). The number of anilines is 1. The van der Waals surface area contributed by atoms with Crippen LogP contribution in [0.5, 0.6) is 0 Å². The molecule has 0 spiro atoms. The first-order chi connectivity index (χ1) is 9.85. The Kier molecular flexibility index (Phi) is 4.84. The first kappa shape index (κ1) is 15.8. The summed E-state index contributed by atoms with van der Waals surface area (Å²) in [6.07, 6.45) is 3.58. The fourth-order valence-corrected chi connectivity index (χ4v) is 3.03. The lowest BCUT2D eigenvalue weighted by molar-refractivity contribution is 0.0868. The maximum Gasteiger partial charge on any atom is 0.253 e. The molecule has 0 aliphatic heterocycles. The zero-order chi connectivity index (χ0) is 15.5. The van der Waals surface area contributed by atoms with Crippen LogP contribution >= 0.6 is 0 Å². The molecule has 3 N–H and O–H groups in total. The average molecular weight is 312 g/mol. The predicted octanol–water partition coefficient (Wildman–Crippen LogP) is 1.09. The van der Waals surface area contributed by atoms with Crippen LogP contribution < -0.4 is 10.0 Å². The van der Waals surface area contributed by atoms with Gasteiger partial charge in [-0.1, -0.05) is 12.1 Å². The third-order valence-electron chi connectivity index (χ3n) is 3.50. The van der Waals surface area contributed by atoms with Crippen molar-refractivity contribution in [1.29, 1.82) is 0 Å². The molecule has 1 aliphatic carbocycles. The molecule has 21 heavy (non-hydrogen) atoms. The number of amides is 1. The van der Waals surface area contributed by atoms with Crippen LogP contribution in [0.3, 0.4) is 0 Å². The summed E-state index contributed by atoms with van der Waals surface area (Å²) >= 11 is 0. The van der Waals surface area contributed by atoms with Crippen LogP contribution in [0, 0.1) is 0 Å². The molecule has 1 amide bonds. The van der Waals surface area contributed by atoms with Gasteiger partial charge in [-0.25, -0.2) is 8.42 Å². The summed E-state index contributed by atoms with van der Waals surface area (Å²) in [5.74, 6) is -0.303. The summed E-state index contributed by atoms with van der Waals surface area (Å²) in [7, 11) is -3.44. The Labute approximate surface area is 124 Å². The third kappa shape index (κ3) is 4.71. The second-order valence-electron chi connectivity index (χ2n) is 5.40. The van der Waals surface area contributed by atoms with E-state index in [1.54, 1.807) is 24.3 Å². The number of para-hydroxylation sites is 1. The minimum atomic E-state index is -3.44. The summed E-state index contributed by atoms with van der Waals surface area (Å²) in [5, 5.41) is 12.4. The number of rotatable bonds is 4. The van der Waals surface area contributed by atoms with Gasteiger partial charge in [-0.05, 0) is 37.8 Å². The van der Waals surface area contributed by atoms with E-state index in [1.807, 2.05) is 0 Å². The molecule has 1 aliphatic rings. The summed E-state index contributed by atoms with van der Waals surface area (Å²) in [6.45, 7) is 0. The largest absolute Gasteiger partial charge is 0.393 e. The molecule has 0 unspecified atom stereocenters. The minimum absolute atomic E-state index is 0.0205. The Morgan fingerprint density at radius 1 is 1.19 bits per heavy atom. The molecule has 2 rings (SSSR count). The summed E-state index contributed by atoms with van der Waals surface area (Å²) in [5.41, 5.74) is 0.572. The van der Waals surface area contributed by atoms with E-state index in [0.717, 1.165) is 19.1 Å². The number of hydrogen-bond donors (Lipinski definition) is 3. The highest BCUT2D eigenvalue weighted by atomic mass is 32.2. The van der Waals surface area contributed by atoms with E-state index in [2.05, 4.69) is 10.0 Å². The molecule has 0 bridgehead atoms. The van der Waals surface area contributed by atoms with Gasteiger partial charge in [0.25, 0.3) is 5.91 Å². The van der Waals surface area contributed by atoms with Crippen molar-refractivity contribution in [2.75, 3.05) is 11.0 Å². The molecule has 0 saturated heterocycles. The topological polar surface area (TPSA) is 95.5 Å².